The molecular weight excluding hydrogens is 388 g/mol. The number of aliphatic hydroxyl groups excluding tert-OH is 2. The molecule has 20 heavy (non-hydrogen) atoms. The number of aliphatic hydroxyl groups is 2. The predicted molar refractivity (Wildman–Crippen MR) is 67.4 cm³/mol. The van der Waals surface area contributed by atoms with Crippen molar-refractivity contribution in [1.29, 1.82) is 0 Å². The minimum absolute atomic E-state index is 0. The smallest absolute Gasteiger partial charge is 0.171 e. The van der Waals surface area contributed by atoms with Gasteiger partial charge in [-0.05, 0) is 0 Å². The number of halogens is 2. The van der Waals surface area contributed by atoms with Crippen LogP contribution < -0.4 is 43.1 Å². The van der Waals surface area contributed by atoms with Gasteiger partial charge in [-0.2, -0.15) is 0 Å². The molecule has 112 valence electrons. The van der Waals surface area contributed by atoms with E-state index < -0.39 is 0 Å². The molecule has 0 atom stereocenters. The van der Waals surface area contributed by atoms with Gasteiger partial charge in [0.2, 0.25) is 0 Å². The van der Waals surface area contributed by atoms with E-state index in [1.807, 2.05) is 70.3 Å². The molecule has 0 aliphatic rings. The molecule has 2 aromatic heterocycles. The first-order valence-corrected chi connectivity index (χ1v) is 5.96. The Morgan fingerprint density at radius 3 is 1.10 bits per heavy atom. The predicted octanol–water partition coefficient (Wildman–Crippen LogP) is -6.06. The van der Waals surface area contributed by atoms with Gasteiger partial charge in [0.1, 0.15) is 13.2 Å². The monoisotopic (exact) mass is 406 g/mol. The molecule has 6 heteroatoms. The summed E-state index contributed by atoms with van der Waals surface area (Å²) in [5.74, 6) is 0. The van der Waals surface area contributed by atoms with E-state index in [4.69, 9.17) is 10.2 Å². The Labute approximate surface area is 140 Å². The van der Waals surface area contributed by atoms with Crippen molar-refractivity contribution in [3.05, 3.63) is 61.2 Å². The first kappa shape index (κ1) is 21.5. The highest BCUT2D eigenvalue weighted by Crippen LogP contribution is 1.75. The maximum Gasteiger partial charge on any atom is 0.171 e. The van der Waals surface area contributed by atoms with Crippen molar-refractivity contribution in [3.63, 3.8) is 0 Å². The van der Waals surface area contributed by atoms with Gasteiger partial charge in [0.15, 0.2) is 37.9 Å². The fraction of sp³-hybridized carbons (Fsp3) is 0.286. The van der Waals surface area contributed by atoms with Crippen LogP contribution in [0.3, 0.4) is 0 Å². The standard InChI is InChI=1S/2C7H10NO.2BrH/c2*9-7-6-8-4-2-1-3-5-8;;/h2*1-5,9H,6-7H2;2*1H/q2*+1;;/p-2. The summed E-state index contributed by atoms with van der Waals surface area (Å²) in [5.41, 5.74) is 0. The third-order valence-corrected chi connectivity index (χ3v) is 2.27. The van der Waals surface area contributed by atoms with Crippen molar-refractivity contribution in [1.82, 2.24) is 0 Å². The number of hydrogen-bond donors (Lipinski definition) is 2. The van der Waals surface area contributed by atoms with Crippen molar-refractivity contribution in [3.8, 4) is 0 Å². The lowest BCUT2D eigenvalue weighted by Gasteiger charge is -1.88. The van der Waals surface area contributed by atoms with Gasteiger partial charge in [-0.25, -0.2) is 9.13 Å². The van der Waals surface area contributed by atoms with Gasteiger partial charge in [0, 0.05) is 24.3 Å². The summed E-state index contributed by atoms with van der Waals surface area (Å²) < 4.78 is 3.86. The molecule has 0 fully saturated rings. The Morgan fingerprint density at radius 1 is 0.550 bits per heavy atom. The van der Waals surface area contributed by atoms with Crippen LogP contribution in [0.2, 0.25) is 0 Å². The van der Waals surface area contributed by atoms with Crippen LogP contribution in [-0.2, 0) is 13.1 Å². The van der Waals surface area contributed by atoms with Gasteiger partial charge < -0.3 is 44.2 Å². The summed E-state index contributed by atoms with van der Waals surface area (Å²) >= 11 is 0. The summed E-state index contributed by atoms with van der Waals surface area (Å²) in [6.45, 7) is 1.77. The maximum atomic E-state index is 8.50. The fourth-order valence-corrected chi connectivity index (χ4v) is 1.40. The molecule has 0 saturated heterocycles. The van der Waals surface area contributed by atoms with Crippen LogP contribution in [0.25, 0.3) is 0 Å². The van der Waals surface area contributed by atoms with Crippen LogP contribution in [0.4, 0.5) is 0 Å². The van der Waals surface area contributed by atoms with Gasteiger partial charge in [-0.3, -0.25) is 0 Å². The second-order valence-corrected chi connectivity index (χ2v) is 3.67. The number of pyridine rings is 2. The van der Waals surface area contributed by atoms with E-state index in [-0.39, 0.29) is 47.2 Å². The molecule has 2 heterocycles. The Hall–Kier alpha value is -0.820. The lowest BCUT2D eigenvalue weighted by atomic mass is 10.5. The highest BCUT2D eigenvalue weighted by Gasteiger charge is 1.92. The van der Waals surface area contributed by atoms with E-state index in [0.29, 0.717) is 13.1 Å². The molecular formula is C14H20Br2N2O2. The highest BCUT2D eigenvalue weighted by molar-refractivity contribution is 4.84. The molecule has 0 aliphatic carbocycles. The number of hydrogen-bond acceptors (Lipinski definition) is 2. The SMILES string of the molecule is OCC[n+]1ccccc1.OCC[n+]1ccccc1.[Br-].[Br-]. The van der Waals surface area contributed by atoms with Crippen LogP contribution >= 0.6 is 0 Å². The van der Waals surface area contributed by atoms with Crippen LogP contribution in [-0.4, -0.2) is 23.4 Å². The first-order valence-electron chi connectivity index (χ1n) is 5.96. The Kier molecular flexibility index (Phi) is 15.7. The Balaban J connectivity index is 0. The average molecular weight is 408 g/mol. The Bertz CT molecular complexity index is 375. The zero-order chi connectivity index (χ0) is 13.1. The normalized spacial score (nSPS) is 8.50. The number of rotatable bonds is 4. The molecule has 0 radical (unpaired) electrons. The molecule has 2 rings (SSSR count). The van der Waals surface area contributed by atoms with Crippen molar-refractivity contribution in [2.24, 2.45) is 0 Å². The molecule has 0 amide bonds. The summed E-state index contributed by atoms with van der Waals surface area (Å²) in [5, 5.41) is 17.0. The number of nitrogens with zero attached hydrogens (tertiary/aromatic N) is 2. The number of aromatic nitrogens is 2. The molecule has 4 nitrogen and oxygen atoms in total. The topological polar surface area (TPSA) is 48.2 Å². The molecule has 0 spiro atoms. The second-order valence-electron chi connectivity index (χ2n) is 3.67. The summed E-state index contributed by atoms with van der Waals surface area (Å²) in [6, 6.07) is 11.7. The van der Waals surface area contributed by atoms with Crippen LogP contribution in [0.5, 0.6) is 0 Å². The van der Waals surface area contributed by atoms with Gasteiger partial charge in [-0.15, -0.1) is 0 Å². The average Bonchev–Trinajstić information content (AvgIpc) is 2.43. The van der Waals surface area contributed by atoms with E-state index in [1.54, 1.807) is 0 Å². The van der Waals surface area contributed by atoms with E-state index in [1.165, 1.54) is 0 Å². The highest BCUT2D eigenvalue weighted by atomic mass is 79.9. The molecule has 0 unspecified atom stereocenters. The summed E-state index contributed by atoms with van der Waals surface area (Å²) in [4.78, 5) is 0. The van der Waals surface area contributed by atoms with Crippen molar-refractivity contribution < 1.29 is 53.3 Å². The van der Waals surface area contributed by atoms with Crippen LogP contribution in [0, 0.1) is 0 Å². The lowest BCUT2D eigenvalue weighted by molar-refractivity contribution is -0.698. The van der Waals surface area contributed by atoms with Gasteiger partial charge >= 0.3 is 0 Å². The summed E-state index contributed by atoms with van der Waals surface area (Å²) in [6.07, 6.45) is 7.71. The third-order valence-electron chi connectivity index (χ3n) is 2.27. The first-order chi connectivity index (χ1) is 8.86. The van der Waals surface area contributed by atoms with Gasteiger partial charge in [0.05, 0.1) is 0 Å². The molecule has 2 N–H and O–H groups in total. The van der Waals surface area contributed by atoms with E-state index >= 15 is 0 Å². The quantitative estimate of drug-likeness (QED) is 0.496. The minimum Gasteiger partial charge on any atom is -1.00 e. The van der Waals surface area contributed by atoms with E-state index in [2.05, 4.69) is 0 Å². The molecule has 0 saturated carbocycles. The molecule has 0 aliphatic heterocycles. The zero-order valence-electron chi connectivity index (χ0n) is 11.1. The zero-order valence-corrected chi connectivity index (χ0v) is 14.3. The van der Waals surface area contributed by atoms with Crippen LogP contribution in [0.1, 0.15) is 0 Å². The van der Waals surface area contributed by atoms with Crippen molar-refractivity contribution in [2.75, 3.05) is 13.2 Å². The van der Waals surface area contributed by atoms with Crippen LogP contribution in [0.15, 0.2) is 61.2 Å². The van der Waals surface area contributed by atoms with Crippen molar-refractivity contribution in [2.45, 2.75) is 13.1 Å². The summed E-state index contributed by atoms with van der Waals surface area (Å²) in [7, 11) is 0. The van der Waals surface area contributed by atoms with Gasteiger partial charge in [-0.1, -0.05) is 12.1 Å². The van der Waals surface area contributed by atoms with Crippen molar-refractivity contribution >= 4 is 0 Å². The largest absolute Gasteiger partial charge is 1.00 e. The van der Waals surface area contributed by atoms with E-state index in [9.17, 15) is 0 Å². The lowest BCUT2D eigenvalue weighted by Crippen LogP contribution is -3.00. The Morgan fingerprint density at radius 2 is 0.850 bits per heavy atom. The fourth-order valence-electron chi connectivity index (χ4n) is 1.40. The maximum absolute atomic E-state index is 8.50. The van der Waals surface area contributed by atoms with E-state index in [0.717, 1.165) is 0 Å². The van der Waals surface area contributed by atoms with Gasteiger partial charge in [0.25, 0.3) is 0 Å². The minimum atomic E-state index is 0. The molecule has 0 bridgehead atoms. The molecule has 0 aromatic carbocycles. The second kappa shape index (κ2) is 14.6. The third kappa shape index (κ3) is 10.0. The molecule has 2 aromatic rings.